The fourth-order valence-electron chi connectivity index (χ4n) is 3.77. The number of carbonyl (C=O) groups excluding carboxylic acids is 1. The van der Waals surface area contributed by atoms with E-state index in [1.165, 1.54) is 0 Å². The quantitative estimate of drug-likeness (QED) is 0.454. The van der Waals surface area contributed by atoms with Crippen LogP contribution in [0, 0.1) is 0 Å². The number of nitrogens with one attached hydrogen (secondary N) is 2. The number of hydrogen-bond acceptors (Lipinski definition) is 5. The predicted molar refractivity (Wildman–Crippen MR) is 114 cm³/mol. The maximum Gasteiger partial charge on any atom is 0.255 e. The average Bonchev–Trinajstić information content (AvgIpc) is 3.15. The minimum atomic E-state index is -0.153. The minimum Gasteiger partial charge on any atom is -0.492 e. The van der Waals surface area contributed by atoms with Crippen LogP contribution in [0.25, 0.3) is 0 Å². The second kappa shape index (κ2) is 9.73. The molecule has 0 atom stereocenters. The topological polar surface area (TPSA) is 88.9 Å². The van der Waals surface area contributed by atoms with Crippen LogP contribution in [0.5, 0.6) is 5.75 Å². The van der Waals surface area contributed by atoms with Gasteiger partial charge in [-0.3, -0.25) is 4.79 Å². The molecule has 1 amide bonds. The number of likely N-dealkylation sites (tertiary alicyclic amines) is 1. The molecule has 0 spiro atoms. The highest BCUT2D eigenvalue weighted by atomic mass is 35.5. The summed E-state index contributed by atoms with van der Waals surface area (Å²) < 4.78 is 10.8. The Balaban J connectivity index is 1.63. The lowest BCUT2D eigenvalue weighted by molar-refractivity contribution is 0.0904. The Morgan fingerprint density at radius 2 is 2.21 bits per heavy atom. The first-order valence-corrected chi connectivity index (χ1v) is 10.3. The lowest BCUT2D eigenvalue weighted by Gasteiger charge is -2.32. The summed E-state index contributed by atoms with van der Waals surface area (Å²) in [6, 6.07) is 1.78. The SMILES string of the molecule is COCCCN1CCC(NC(=O)c2cc(Cl)c(NC(N)=S)c3c2OCC3)CC1. The minimum absolute atomic E-state index is 0.130. The number of ether oxygens (including phenoxy) is 2. The molecular formula is C19H27ClN4O3S. The van der Waals surface area contributed by atoms with Crippen molar-refractivity contribution in [3.63, 3.8) is 0 Å². The normalized spacial score (nSPS) is 17.1. The van der Waals surface area contributed by atoms with Crippen molar-refractivity contribution >= 4 is 40.5 Å². The molecule has 2 heterocycles. The highest BCUT2D eigenvalue weighted by Gasteiger charge is 2.28. The van der Waals surface area contributed by atoms with Crippen LogP contribution in [-0.2, 0) is 11.2 Å². The molecule has 0 bridgehead atoms. The number of nitrogens with zero attached hydrogens (tertiary/aromatic N) is 1. The highest BCUT2D eigenvalue weighted by molar-refractivity contribution is 7.80. The molecule has 7 nitrogen and oxygen atoms in total. The molecule has 0 radical (unpaired) electrons. The molecule has 0 aliphatic carbocycles. The summed E-state index contributed by atoms with van der Waals surface area (Å²) >= 11 is 11.3. The molecule has 0 saturated carbocycles. The average molecular weight is 427 g/mol. The number of carbonyl (C=O) groups is 1. The van der Waals surface area contributed by atoms with E-state index in [4.69, 9.17) is 39.0 Å². The van der Waals surface area contributed by atoms with Crippen LogP contribution in [0.2, 0.25) is 5.02 Å². The van der Waals surface area contributed by atoms with Crippen molar-refractivity contribution in [1.29, 1.82) is 0 Å². The van der Waals surface area contributed by atoms with Gasteiger partial charge in [-0.05, 0) is 37.5 Å². The van der Waals surface area contributed by atoms with Gasteiger partial charge in [-0.25, -0.2) is 0 Å². The number of fused-ring (bicyclic) bond motifs is 1. The van der Waals surface area contributed by atoms with Crippen molar-refractivity contribution in [2.24, 2.45) is 5.73 Å². The zero-order valence-corrected chi connectivity index (χ0v) is 17.6. The van der Waals surface area contributed by atoms with E-state index >= 15 is 0 Å². The Bertz CT molecular complexity index is 738. The van der Waals surface area contributed by atoms with Gasteiger partial charge >= 0.3 is 0 Å². The molecule has 9 heteroatoms. The van der Waals surface area contributed by atoms with Gasteiger partial charge in [0.05, 0.1) is 22.9 Å². The van der Waals surface area contributed by atoms with E-state index in [-0.39, 0.29) is 17.1 Å². The zero-order valence-electron chi connectivity index (χ0n) is 16.1. The second-order valence-corrected chi connectivity index (χ2v) is 7.96. The Labute approximate surface area is 175 Å². The number of piperidine rings is 1. The molecule has 2 aliphatic rings. The van der Waals surface area contributed by atoms with E-state index in [1.54, 1.807) is 13.2 Å². The third kappa shape index (κ3) is 5.05. The molecule has 1 aromatic rings. The molecule has 3 rings (SSSR count). The molecule has 4 N–H and O–H groups in total. The van der Waals surface area contributed by atoms with Crippen LogP contribution in [0.1, 0.15) is 35.2 Å². The fraction of sp³-hybridized carbons (Fsp3) is 0.579. The van der Waals surface area contributed by atoms with Gasteiger partial charge in [0.15, 0.2) is 5.11 Å². The Morgan fingerprint density at radius 1 is 1.46 bits per heavy atom. The summed E-state index contributed by atoms with van der Waals surface area (Å²) in [4.78, 5) is 15.3. The van der Waals surface area contributed by atoms with Crippen molar-refractivity contribution in [1.82, 2.24) is 10.2 Å². The lowest BCUT2D eigenvalue weighted by Crippen LogP contribution is -2.45. The molecule has 28 heavy (non-hydrogen) atoms. The Kier molecular flexibility index (Phi) is 7.34. The van der Waals surface area contributed by atoms with Gasteiger partial charge in [0.1, 0.15) is 5.75 Å². The van der Waals surface area contributed by atoms with E-state index < -0.39 is 0 Å². The van der Waals surface area contributed by atoms with E-state index in [0.29, 0.717) is 35.1 Å². The van der Waals surface area contributed by atoms with Crippen LogP contribution >= 0.6 is 23.8 Å². The maximum atomic E-state index is 12.9. The van der Waals surface area contributed by atoms with E-state index in [1.807, 2.05) is 0 Å². The highest BCUT2D eigenvalue weighted by Crippen LogP contribution is 2.40. The van der Waals surface area contributed by atoms with Crippen molar-refractivity contribution in [3.05, 3.63) is 22.2 Å². The maximum absolute atomic E-state index is 12.9. The molecule has 0 aromatic heterocycles. The van der Waals surface area contributed by atoms with Gasteiger partial charge < -0.3 is 30.7 Å². The summed E-state index contributed by atoms with van der Waals surface area (Å²) in [6.45, 7) is 4.26. The first-order valence-electron chi connectivity index (χ1n) is 9.56. The molecule has 1 aromatic carbocycles. The van der Waals surface area contributed by atoms with Crippen molar-refractivity contribution < 1.29 is 14.3 Å². The molecule has 0 unspecified atom stereocenters. The van der Waals surface area contributed by atoms with Gasteiger partial charge in [0.25, 0.3) is 5.91 Å². The second-order valence-electron chi connectivity index (χ2n) is 7.11. The molecule has 1 fully saturated rings. The molecule has 154 valence electrons. The number of hydrogen-bond donors (Lipinski definition) is 3. The van der Waals surface area contributed by atoms with E-state index in [9.17, 15) is 4.79 Å². The van der Waals surface area contributed by atoms with Crippen molar-refractivity contribution in [2.45, 2.75) is 31.7 Å². The standard InChI is InChI=1S/C19H27ClN4O3S/c1-26-9-2-6-24-7-3-12(4-8-24)22-18(25)14-11-15(20)16(23-19(21)28)13-5-10-27-17(13)14/h11-12H,2-10H2,1H3,(H,22,25)(H3,21,23,28). The molecule has 1 saturated heterocycles. The van der Waals surface area contributed by atoms with Gasteiger partial charge in [0, 0.05) is 51.4 Å². The predicted octanol–water partition coefficient (Wildman–Crippen LogP) is 2.16. The van der Waals surface area contributed by atoms with Crippen molar-refractivity contribution in [3.8, 4) is 5.75 Å². The first kappa shape index (κ1) is 21.1. The molecule has 2 aliphatic heterocycles. The first-order chi connectivity index (χ1) is 13.5. The van der Waals surface area contributed by atoms with Gasteiger partial charge in [0.2, 0.25) is 0 Å². The Morgan fingerprint density at radius 3 is 2.89 bits per heavy atom. The van der Waals surface area contributed by atoms with E-state index in [2.05, 4.69) is 15.5 Å². The fourth-order valence-corrected chi connectivity index (χ4v) is 4.14. The number of anilines is 1. The number of methoxy groups -OCH3 is 1. The van der Waals surface area contributed by atoms with Gasteiger partial charge in [-0.1, -0.05) is 11.6 Å². The summed E-state index contributed by atoms with van der Waals surface area (Å²) in [5.41, 5.74) is 7.53. The van der Waals surface area contributed by atoms with Crippen LogP contribution in [0.3, 0.4) is 0 Å². The lowest BCUT2D eigenvalue weighted by atomic mass is 10.0. The Hall–Kier alpha value is -1.61. The zero-order chi connectivity index (χ0) is 20.1. The van der Waals surface area contributed by atoms with Crippen LogP contribution < -0.4 is 21.1 Å². The van der Waals surface area contributed by atoms with Crippen LogP contribution in [0.4, 0.5) is 5.69 Å². The smallest absolute Gasteiger partial charge is 0.255 e. The summed E-state index contributed by atoms with van der Waals surface area (Å²) in [7, 11) is 1.72. The van der Waals surface area contributed by atoms with Crippen molar-refractivity contribution in [2.75, 3.05) is 45.3 Å². The summed E-state index contributed by atoms with van der Waals surface area (Å²) in [5, 5.41) is 6.58. The third-order valence-electron chi connectivity index (χ3n) is 5.17. The number of nitrogens with two attached hydrogens (primary N) is 1. The van der Waals surface area contributed by atoms with Crippen LogP contribution in [0.15, 0.2) is 6.07 Å². The number of amides is 1. The number of rotatable bonds is 7. The largest absolute Gasteiger partial charge is 0.492 e. The van der Waals surface area contributed by atoms with Crippen LogP contribution in [-0.4, -0.2) is 61.9 Å². The van der Waals surface area contributed by atoms with E-state index in [0.717, 1.165) is 51.1 Å². The number of halogens is 1. The number of thiocarbonyl (C=S) groups is 1. The monoisotopic (exact) mass is 426 g/mol. The van der Waals surface area contributed by atoms with Gasteiger partial charge in [-0.15, -0.1) is 0 Å². The third-order valence-corrected chi connectivity index (χ3v) is 5.57. The van der Waals surface area contributed by atoms with Gasteiger partial charge in [-0.2, -0.15) is 0 Å². The molecular weight excluding hydrogens is 400 g/mol. The summed E-state index contributed by atoms with van der Waals surface area (Å²) in [5.74, 6) is 0.414. The summed E-state index contributed by atoms with van der Waals surface area (Å²) in [6.07, 6.45) is 3.54. The number of benzene rings is 1.